The standard InChI is InChI=1S/C18H23N3O3/c1-19(15-6-7-20-8-9-24-16(15)11-20)17(22)12-21-10-13-4-2-3-5-14(13)18(21)23/h2-5,15-16H,6-12H2,1H3. The van der Waals surface area contributed by atoms with Crippen molar-refractivity contribution in [1.29, 1.82) is 0 Å². The Labute approximate surface area is 142 Å². The summed E-state index contributed by atoms with van der Waals surface area (Å²) in [4.78, 5) is 31.0. The van der Waals surface area contributed by atoms with Crippen LogP contribution in [0, 0.1) is 0 Å². The van der Waals surface area contributed by atoms with Crippen molar-refractivity contribution in [2.24, 2.45) is 0 Å². The van der Waals surface area contributed by atoms with E-state index in [-0.39, 0.29) is 30.5 Å². The van der Waals surface area contributed by atoms with Crippen molar-refractivity contribution in [1.82, 2.24) is 14.7 Å². The number of likely N-dealkylation sites (N-methyl/N-ethyl adjacent to an activating group) is 1. The lowest BCUT2D eigenvalue weighted by Gasteiger charge is -2.45. The van der Waals surface area contributed by atoms with Gasteiger partial charge in [0.05, 0.1) is 18.8 Å². The second kappa shape index (κ2) is 6.18. The molecule has 2 amide bonds. The van der Waals surface area contributed by atoms with Crippen LogP contribution < -0.4 is 0 Å². The van der Waals surface area contributed by atoms with Gasteiger partial charge in [-0.25, -0.2) is 0 Å². The lowest BCUT2D eigenvalue weighted by molar-refractivity contribution is -0.143. The maximum atomic E-state index is 12.7. The summed E-state index contributed by atoms with van der Waals surface area (Å²) in [5, 5.41) is 0. The third-order valence-electron chi connectivity index (χ3n) is 5.46. The molecule has 0 N–H and O–H groups in total. The molecule has 0 aromatic heterocycles. The van der Waals surface area contributed by atoms with Crippen LogP contribution in [0.25, 0.3) is 0 Å². The average molecular weight is 329 g/mol. The molecule has 2 fully saturated rings. The van der Waals surface area contributed by atoms with E-state index < -0.39 is 0 Å². The van der Waals surface area contributed by atoms with Crippen LogP contribution in [0.15, 0.2) is 24.3 Å². The summed E-state index contributed by atoms with van der Waals surface area (Å²) in [6.07, 6.45) is 1.02. The Balaban J connectivity index is 1.40. The van der Waals surface area contributed by atoms with Gasteiger partial charge in [-0.15, -0.1) is 0 Å². The van der Waals surface area contributed by atoms with Crippen molar-refractivity contribution >= 4 is 11.8 Å². The molecule has 6 heteroatoms. The Morgan fingerprint density at radius 2 is 2.17 bits per heavy atom. The highest BCUT2D eigenvalue weighted by Gasteiger charge is 2.38. The van der Waals surface area contributed by atoms with Crippen molar-refractivity contribution in [3.05, 3.63) is 35.4 Å². The van der Waals surface area contributed by atoms with Crippen LogP contribution in [0.4, 0.5) is 0 Å². The molecule has 6 nitrogen and oxygen atoms in total. The van der Waals surface area contributed by atoms with Gasteiger partial charge in [0.15, 0.2) is 0 Å². The van der Waals surface area contributed by atoms with Gasteiger partial charge in [0.2, 0.25) is 5.91 Å². The highest BCUT2D eigenvalue weighted by molar-refractivity contribution is 6.00. The molecule has 1 aromatic rings. The number of amides is 2. The van der Waals surface area contributed by atoms with E-state index in [1.54, 1.807) is 9.80 Å². The number of piperidine rings is 1. The molecule has 3 aliphatic rings. The maximum Gasteiger partial charge on any atom is 0.254 e. The minimum absolute atomic E-state index is 0.0104. The van der Waals surface area contributed by atoms with E-state index >= 15 is 0 Å². The highest BCUT2D eigenvalue weighted by Crippen LogP contribution is 2.24. The summed E-state index contributed by atoms with van der Waals surface area (Å²) < 4.78 is 5.86. The third-order valence-corrected chi connectivity index (χ3v) is 5.46. The maximum absolute atomic E-state index is 12.7. The number of carbonyl (C=O) groups excluding carboxylic acids is 2. The first kappa shape index (κ1) is 15.6. The molecule has 3 heterocycles. The Morgan fingerprint density at radius 1 is 1.33 bits per heavy atom. The van der Waals surface area contributed by atoms with Crippen molar-refractivity contribution in [3.8, 4) is 0 Å². The van der Waals surface area contributed by atoms with Crippen LogP contribution >= 0.6 is 0 Å². The number of ether oxygens (including phenoxy) is 1. The van der Waals surface area contributed by atoms with Gasteiger partial charge in [0.25, 0.3) is 5.91 Å². The van der Waals surface area contributed by atoms with E-state index in [1.807, 2.05) is 31.3 Å². The van der Waals surface area contributed by atoms with E-state index in [4.69, 9.17) is 4.74 Å². The predicted molar refractivity (Wildman–Crippen MR) is 88.5 cm³/mol. The van der Waals surface area contributed by atoms with Crippen molar-refractivity contribution in [2.75, 3.05) is 39.8 Å². The second-order valence-corrected chi connectivity index (χ2v) is 6.89. The summed E-state index contributed by atoms with van der Waals surface area (Å²) in [5.74, 6) is -0.0557. The van der Waals surface area contributed by atoms with Crippen LogP contribution in [0.2, 0.25) is 0 Å². The number of carbonyl (C=O) groups is 2. The fourth-order valence-corrected chi connectivity index (χ4v) is 4.01. The summed E-state index contributed by atoms with van der Waals surface area (Å²) in [6, 6.07) is 7.68. The number of fused-ring (bicyclic) bond motifs is 3. The number of nitrogens with zero attached hydrogens (tertiary/aromatic N) is 3. The van der Waals surface area contributed by atoms with Crippen molar-refractivity contribution in [2.45, 2.75) is 25.1 Å². The average Bonchev–Trinajstić information content (AvgIpc) is 2.91. The van der Waals surface area contributed by atoms with Crippen LogP contribution in [0.1, 0.15) is 22.3 Å². The summed E-state index contributed by atoms with van der Waals surface area (Å²) >= 11 is 0. The van der Waals surface area contributed by atoms with Crippen LogP contribution in [0.3, 0.4) is 0 Å². The first-order valence-electron chi connectivity index (χ1n) is 8.60. The molecule has 24 heavy (non-hydrogen) atoms. The van der Waals surface area contributed by atoms with Gasteiger partial charge in [0.1, 0.15) is 6.54 Å². The van der Waals surface area contributed by atoms with Crippen molar-refractivity contribution < 1.29 is 14.3 Å². The lowest BCUT2D eigenvalue weighted by atomic mass is 9.99. The fourth-order valence-electron chi connectivity index (χ4n) is 4.01. The highest BCUT2D eigenvalue weighted by atomic mass is 16.5. The second-order valence-electron chi connectivity index (χ2n) is 6.89. The Bertz CT molecular complexity index is 663. The predicted octanol–water partition coefficient (Wildman–Crippen LogP) is 0.574. The van der Waals surface area contributed by atoms with Crippen molar-refractivity contribution in [3.63, 3.8) is 0 Å². The van der Waals surface area contributed by atoms with Crippen LogP contribution in [-0.2, 0) is 16.1 Å². The van der Waals surface area contributed by atoms with E-state index in [0.29, 0.717) is 6.54 Å². The zero-order valence-electron chi connectivity index (χ0n) is 14.0. The molecule has 3 atom stereocenters. The molecule has 0 saturated carbocycles. The zero-order valence-corrected chi connectivity index (χ0v) is 14.0. The molecular weight excluding hydrogens is 306 g/mol. The first-order chi connectivity index (χ1) is 11.6. The fraction of sp³-hybridized carbons (Fsp3) is 0.556. The van der Waals surface area contributed by atoms with Gasteiger partial charge in [-0.05, 0) is 18.1 Å². The number of morpholine rings is 1. The van der Waals surface area contributed by atoms with E-state index in [9.17, 15) is 9.59 Å². The molecule has 128 valence electrons. The quantitative estimate of drug-likeness (QED) is 0.814. The molecule has 0 spiro atoms. The number of benzene rings is 1. The van der Waals surface area contributed by atoms with Gasteiger partial charge in [-0.2, -0.15) is 0 Å². The van der Waals surface area contributed by atoms with Gasteiger partial charge >= 0.3 is 0 Å². The molecular formula is C18H23N3O3. The van der Waals surface area contributed by atoms with Gasteiger partial charge < -0.3 is 14.5 Å². The summed E-state index contributed by atoms with van der Waals surface area (Å²) in [7, 11) is 1.84. The normalized spacial score (nSPS) is 28.6. The summed E-state index contributed by atoms with van der Waals surface area (Å²) in [6.45, 7) is 4.29. The zero-order chi connectivity index (χ0) is 16.7. The van der Waals surface area contributed by atoms with Gasteiger partial charge in [-0.1, -0.05) is 18.2 Å². The Kier molecular flexibility index (Phi) is 4.02. The Hall–Kier alpha value is -1.92. The summed E-state index contributed by atoms with van der Waals surface area (Å²) in [5.41, 5.74) is 1.72. The van der Waals surface area contributed by atoms with E-state index in [2.05, 4.69) is 4.90 Å². The minimum atomic E-state index is -0.0453. The molecule has 2 bridgehead atoms. The van der Waals surface area contributed by atoms with Gasteiger partial charge in [-0.3, -0.25) is 14.5 Å². The molecule has 3 unspecified atom stereocenters. The smallest absolute Gasteiger partial charge is 0.254 e. The SMILES string of the molecule is CN(C(=O)CN1Cc2ccccc2C1=O)C1CCN2CCOC1C2. The lowest BCUT2D eigenvalue weighted by Crippen LogP contribution is -2.59. The van der Waals surface area contributed by atoms with Crippen LogP contribution in [-0.4, -0.2) is 78.5 Å². The topological polar surface area (TPSA) is 53.1 Å². The molecule has 1 aromatic carbocycles. The third kappa shape index (κ3) is 2.70. The molecule has 0 radical (unpaired) electrons. The molecule has 3 aliphatic heterocycles. The molecule has 2 saturated heterocycles. The van der Waals surface area contributed by atoms with Gasteiger partial charge in [0, 0.05) is 38.8 Å². The molecule has 0 aliphatic carbocycles. The van der Waals surface area contributed by atoms with E-state index in [0.717, 1.165) is 43.8 Å². The first-order valence-corrected chi connectivity index (χ1v) is 8.60. The largest absolute Gasteiger partial charge is 0.373 e. The molecule has 4 rings (SSSR count). The number of rotatable bonds is 3. The monoisotopic (exact) mass is 329 g/mol. The Morgan fingerprint density at radius 3 is 3.00 bits per heavy atom. The van der Waals surface area contributed by atoms with E-state index in [1.165, 1.54) is 0 Å². The van der Waals surface area contributed by atoms with Crippen LogP contribution in [0.5, 0.6) is 0 Å². The number of hydrogen-bond donors (Lipinski definition) is 0. The minimum Gasteiger partial charge on any atom is -0.373 e. The number of hydrogen-bond acceptors (Lipinski definition) is 4.